The van der Waals surface area contributed by atoms with E-state index in [4.69, 9.17) is 26.8 Å². The zero-order valence-corrected chi connectivity index (χ0v) is 16.3. The third-order valence-corrected chi connectivity index (χ3v) is 5.38. The van der Waals surface area contributed by atoms with Crippen LogP contribution < -0.4 is 15.8 Å². The fourth-order valence-corrected chi connectivity index (χ4v) is 3.73. The van der Waals surface area contributed by atoms with E-state index in [1.165, 1.54) is 17.8 Å². The van der Waals surface area contributed by atoms with E-state index in [0.717, 1.165) is 24.2 Å². The van der Waals surface area contributed by atoms with E-state index in [1.807, 2.05) is 12.1 Å². The van der Waals surface area contributed by atoms with Gasteiger partial charge in [-0.2, -0.15) is 0 Å². The highest BCUT2D eigenvalue weighted by Gasteiger charge is 2.37. The van der Waals surface area contributed by atoms with Crippen molar-refractivity contribution < 1.29 is 14.3 Å². The van der Waals surface area contributed by atoms with Crippen molar-refractivity contribution in [2.45, 2.75) is 25.2 Å². The molecular formula is C20H24ClN3O3. The van der Waals surface area contributed by atoms with Crippen molar-refractivity contribution in [3.8, 4) is 5.75 Å². The fraction of sp³-hybridized carbons (Fsp3) is 0.400. The first-order valence-corrected chi connectivity index (χ1v) is 9.25. The molecule has 0 aliphatic carbocycles. The number of pyridine rings is 1. The summed E-state index contributed by atoms with van der Waals surface area (Å²) in [6, 6.07) is 7.76. The average molecular weight is 390 g/mol. The smallest absolute Gasteiger partial charge is 0.250 e. The molecule has 7 heteroatoms. The number of hydrogen-bond donors (Lipinski definition) is 2. The molecule has 0 spiro atoms. The largest absolute Gasteiger partial charge is 0.496 e. The quantitative estimate of drug-likeness (QED) is 0.791. The van der Waals surface area contributed by atoms with Gasteiger partial charge in [0.05, 0.1) is 17.7 Å². The molecule has 0 bridgehead atoms. The maximum absolute atomic E-state index is 11.3. The van der Waals surface area contributed by atoms with Gasteiger partial charge in [0, 0.05) is 36.9 Å². The Morgan fingerprint density at radius 2 is 2.11 bits per heavy atom. The molecule has 27 heavy (non-hydrogen) atoms. The van der Waals surface area contributed by atoms with E-state index >= 15 is 0 Å². The maximum Gasteiger partial charge on any atom is 0.250 e. The Kier molecular flexibility index (Phi) is 5.87. The van der Waals surface area contributed by atoms with E-state index < -0.39 is 5.91 Å². The minimum Gasteiger partial charge on any atom is -0.496 e. The van der Waals surface area contributed by atoms with Crippen molar-refractivity contribution in [1.82, 2.24) is 4.98 Å². The molecule has 1 fully saturated rings. The number of benzene rings is 1. The Bertz CT molecular complexity index is 835. The van der Waals surface area contributed by atoms with E-state index in [9.17, 15) is 4.79 Å². The highest BCUT2D eigenvalue weighted by atomic mass is 35.5. The number of primary amides is 1. The summed E-state index contributed by atoms with van der Waals surface area (Å²) >= 11 is 6.28. The van der Waals surface area contributed by atoms with Crippen molar-refractivity contribution in [1.29, 1.82) is 0 Å². The molecule has 1 amide bonds. The number of rotatable bonds is 6. The second kappa shape index (κ2) is 8.15. The summed E-state index contributed by atoms with van der Waals surface area (Å²) in [5, 5.41) is 3.72. The normalized spacial score (nSPS) is 16.0. The first-order chi connectivity index (χ1) is 12.9. The molecule has 2 aromatic rings. The maximum atomic E-state index is 11.3. The number of ether oxygens (including phenoxy) is 2. The van der Waals surface area contributed by atoms with Gasteiger partial charge in [-0.05, 0) is 31.9 Å². The summed E-state index contributed by atoms with van der Waals surface area (Å²) in [4.78, 5) is 15.5. The summed E-state index contributed by atoms with van der Waals surface area (Å²) in [6.45, 7) is 4.06. The van der Waals surface area contributed by atoms with Crippen LogP contribution in [-0.4, -0.2) is 37.8 Å². The van der Waals surface area contributed by atoms with Crippen LogP contribution in [0.3, 0.4) is 0 Å². The van der Waals surface area contributed by atoms with Crippen LogP contribution in [0.1, 0.15) is 34.3 Å². The van der Waals surface area contributed by atoms with Gasteiger partial charge in [0.2, 0.25) is 5.91 Å². The first kappa shape index (κ1) is 19.5. The van der Waals surface area contributed by atoms with E-state index in [0.29, 0.717) is 30.6 Å². The van der Waals surface area contributed by atoms with Crippen molar-refractivity contribution in [3.63, 3.8) is 0 Å². The number of nitrogens with zero attached hydrogens (tertiary/aromatic N) is 1. The molecule has 1 aliphatic heterocycles. The zero-order valence-electron chi connectivity index (χ0n) is 15.5. The zero-order chi connectivity index (χ0) is 19.4. The summed E-state index contributed by atoms with van der Waals surface area (Å²) in [5.74, 6) is 0.841. The number of aryl methyl sites for hydroxylation is 1. The number of methoxy groups -OCH3 is 1. The van der Waals surface area contributed by atoms with Crippen LogP contribution in [0.25, 0.3) is 0 Å². The lowest BCUT2D eigenvalue weighted by molar-refractivity contribution is 0.0535. The van der Waals surface area contributed by atoms with Gasteiger partial charge >= 0.3 is 0 Å². The van der Waals surface area contributed by atoms with E-state index in [1.54, 1.807) is 7.11 Å². The van der Waals surface area contributed by atoms with Gasteiger partial charge in [-0.3, -0.25) is 4.79 Å². The number of aromatic nitrogens is 1. The molecule has 0 saturated carbocycles. The molecule has 1 aliphatic rings. The van der Waals surface area contributed by atoms with Gasteiger partial charge in [0.15, 0.2) is 0 Å². The lowest BCUT2D eigenvalue weighted by Crippen LogP contribution is -2.40. The molecule has 3 rings (SSSR count). The number of nitrogens with one attached hydrogen (secondary N) is 1. The number of halogens is 1. The van der Waals surface area contributed by atoms with Gasteiger partial charge in [0.25, 0.3) is 0 Å². The van der Waals surface area contributed by atoms with Crippen LogP contribution in [0.2, 0.25) is 5.02 Å². The Hall–Kier alpha value is -2.31. The number of carbonyl (C=O) groups is 1. The predicted octanol–water partition coefficient (Wildman–Crippen LogP) is 3.31. The number of carbonyl (C=O) groups excluding carboxylic acids is 1. The number of anilines is 1. The molecule has 0 atom stereocenters. The van der Waals surface area contributed by atoms with Crippen LogP contribution >= 0.6 is 11.6 Å². The topological polar surface area (TPSA) is 86.5 Å². The number of hydrogen-bond acceptors (Lipinski definition) is 5. The average Bonchev–Trinajstić information content (AvgIpc) is 2.67. The van der Waals surface area contributed by atoms with Crippen LogP contribution in [0, 0.1) is 6.92 Å². The van der Waals surface area contributed by atoms with E-state index in [-0.39, 0.29) is 11.0 Å². The lowest BCUT2D eigenvalue weighted by Gasteiger charge is -2.39. The van der Waals surface area contributed by atoms with Gasteiger partial charge in [-0.1, -0.05) is 29.3 Å². The third-order valence-electron chi connectivity index (χ3n) is 5.10. The molecular weight excluding hydrogens is 366 g/mol. The first-order valence-electron chi connectivity index (χ1n) is 8.87. The molecule has 0 unspecified atom stereocenters. The Morgan fingerprint density at radius 3 is 2.74 bits per heavy atom. The molecule has 6 nitrogen and oxygen atoms in total. The summed E-state index contributed by atoms with van der Waals surface area (Å²) < 4.78 is 11.2. The minimum absolute atomic E-state index is 0.164. The molecule has 1 aromatic carbocycles. The summed E-state index contributed by atoms with van der Waals surface area (Å²) in [5.41, 5.74) is 7.74. The Balaban J connectivity index is 1.91. The molecule has 0 radical (unpaired) electrons. The molecule has 1 aromatic heterocycles. The summed E-state index contributed by atoms with van der Waals surface area (Å²) in [7, 11) is 1.69. The minimum atomic E-state index is -0.554. The Morgan fingerprint density at radius 1 is 1.37 bits per heavy atom. The molecule has 3 N–H and O–H groups in total. The second-order valence-corrected chi connectivity index (χ2v) is 7.28. The SMILES string of the molecule is COc1ccc(C)cc1C1(CNc2ncc(C(N)=O)cc2Cl)CCOCC1. The van der Waals surface area contributed by atoms with Gasteiger partial charge in [-0.15, -0.1) is 0 Å². The standard InChI is InChI=1S/C20H24ClN3O3/c1-13-3-4-17(26-2)15(9-13)20(5-7-27-8-6-20)12-24-19-16(21)10-14(11-23-19)18(22)25/h3-4,9-11H,5-8,12H2,1-2H3,(H2,22,25)(H,23,24). The van der Waals surface area contributed by atoms with Crippen molar-refractivity contribution in [3.05, 3.63) is 52.2 Å². The number of nitrogens with two attached hydrogens (primary N) is 1. The number of amides is 1. The predicted molar refractivity (Wildman–Crippen MR) is 106 cm³/mol. The summed E-state index contributed by atoms with van der Waals surface area (Å²) in [6.07, 6.45) is 3.15. The van der Waals surface area contributed by atoms with Crippen LogP contribution in [0.5, 0.6) is 5.75 Å². The second-order valence-electron chi connectivity index (χ2n) is 6.87. The van der Waals surface area contributed by atoms with E-state index in [2.05, 4.69) is 23.3 Å². The van der Waals surface area contributed by atoms with Gasteiger partial charge in [0.1, 0.15) is 11.6 Å². The van der Waals surface area contributed by atoms with Crippen LogP contribution in [0.4, 0.5) is 5.82 Å². The highest BCUT2D eigenvalue weighted by molar-refractivity contribution is 6.33. The molecule has 144 valence electrons. The van der Waals surface area contributed by atoms with Crippen molar-refractivity contribution >= 4 is 23.3 Å². The molecule has 2 heterocycles. The highest BCUT2D eigenvalue weighted by Crippen LogP contribution is 2.40. The van der Waals surface area contributed by atoms with Crippen molar-refractivity contribution in [2.75, 3.05) is 32.2 Å². The fourth-order valence-electron chi connectivity index (χ4n) is 3.50. The van der Waals surface area contributed by atoms with Gasteiger partial charge < -0.3 is 20.5 Å². The third kappa shape index (κ3) is 4.17. The van der Waals surface area contributed by atoms with Crippen LogP contribution in [-0.2, 0) is 10.2 Å². The van der Waals surface area contributed by atoms with Crippen molar-refractivity contribution in [2.24, 2.45) is 5.73 Å². The Labute approximate surface area is 164 Å². The van der Waals surface area contributed by atoms with Crippen LogP contribution in [0.15, 0.2) is 30.5 Å². The van der Waals surface area contributed by atoms with Gasteiger partial charge in [-0.25, -0.2) is 4.98 Å². The monoisotopic (exact) mass is 389 g/mol. The molecule has 1 saturated heterocycles. The lowest BCUT2D eigenvalue weighted by atomic mass is 9.73.